The van der Waals surface area contributed by atoms with Crippen LogP contribution in [0.25, 0.3) is 0 Å². The molecule has 2 aromatic carbocycles. The number of benzene rings is 2. The quantitative estimate of drug-likeness (QED) is 0.397. The molecule has 2 aliphatic heterocycles. The van der Waals surface area contributed by atoms with E-state index < -0.39 is 47.7 Å². The van der Waals surface area contributed by atoms with Crippen molar-refractivity contribution in [3.05, 3.63) is 58.1 Å². The second-order valence-corrected chi connectivity index (χ2v) is 10.4. The zero-order valence-corrected chi connectivity index (χ0v) is 23.0. The first kappa shape index (κ1) is 30.9. The summed E-state index contributed by atoms with van der Waals surface area (Å²) in [6.45, 7) is 3.78. The fourth-order valence-electron chi connectivity index (χ4n) is 4.81. The minimum absolute atomic E-state index is 0.117. The summed E-state index contributed by atoms with van der Waals surface area (Å²) >= 11 is 6.19. The summed E-state index contributed by atoms with van der Waals surface area (Å²) < 4.78 is 73.2. The highest BCUT2D eigenvalue weighted by atomic mass is 35.5. The van der Waals surface area contributed by atoms with E-state index in [4.69, 9.17) is 16.3 Å². The van der Waals surface area contributed by atoms with E-state index in [9.17, 15) is 31.5 Å². The molecule has 41 heavy (non-hydrogen) atoms. The van der Waals surface area contributed by atoms with Gasteiger partial charge in [-0.1, -0.05) is 17.7 Å². The summed E-state index contributed by atoms with van der Waals surface area (Å²) in [4.78, 5) is 28.9. The fraction of sp³-hybridized carbons (Fsp3) is 0.481. The molecule has 0 unspecified atom stereocenters. The summed E-state index contributed by atoms with van der Waals surface area (Å²) in [5, 5.41) is 8.48. The molecule has 224 valence electrons. The summed E-state index contributed by atoms with van der Waals surface area (Å²) in [5.74, 6) is -4.00. The predicted molar refractivity (Wildman–Crippen MR) is 144 cm³/mol. The van der Waals surface area contributed by atoms with E-state index in [0.717, 1.165) is 6.07 Å². The standard InChI is InChI=1S/C27H31ClF5N5O3/c1-16-15-38(10-9-37(16)8-6-27(31,32)33)21-12-18(28)3-5-20(21)36-25(39)19-4-2-17(23(29)24(19)30)13-35-26(40)22-14-34-7-11-41-22/h2-5,12,16,22,34H,6-11,13-15H2,1H3,(H,35,40)(H,36,39)/t16-,22-/m0/s1. The van der Waals surface area contributed by atoms with Crippen LogP contribution in [0.2, 0.25) is 5.02 Å². The first-order valence-corrected chi connectivity index (χ1v) is 13.5. The summed E-state index contributed by atoms with van der Waals surface area (Å²) in [7, 11) is 0. The molecule has 2 amide bonds. The van der Waals surface area contributed by atoms with Gasteiger partial charge in [-0.2, -0.15) is 13.2 Å². The number of ether oxygens (including phenoxy) is 1. The molecule has 14 heteroatoms. The number of piperazine rings is 1. The van der Waals surface area contributed by atoms with Gasteiger partial charge in [-0.25, -0.2) is 8.78 Å². The monoisotopic (exact) mass is 603 g/mol. The van der Waals surface area contributed by atoms with Crippen molar-refractivity contribution in [3.8, 4) is 0 Å². The van der Waals surface area contributed by atoms with Crippen LogP contribution in [0.3, 0.4) is 0 Å². The third-order valence-corrected chi connectivity index (χ3v) is 7.31. The van der Waals surface area contributed by atoms with Crippen LogP contribution in [-0.4, -0.2) is 80.9 Å². The maximum Gasteiger partial charge on any atom is 0.390 e. The SMILES string of the molecule is C[C@H]1CN(c2cc(Cl)ccc2NC(=O)c2ccc(CNC(=O)[C@@H]3CNCCO3)c(F)c2F)CCN1CCC(F)(F)F. The van der Waals surface area contributed by atoms with Crippen molar-refractivity contribution < 1.29 is 36.3 Å². The molecule has 2 aromatic rings. The highest BCUT2D eigenvalue weighted by molar-refractivity contribution is 6.31. The number of hydrogen-bond donors (Lipinski definition) is 3. The molecule has 0 bridgehead atoms. The number of morpholine rings is 1. The summed E-state index contributed by atoms with van der Waals surface area (Å²) in [6.07, 6.45) is -5.89. The van der Waals surface area contributed by atoms with E-state index in [1.807, 2.05) is 11.8 Å². The predicted octanol–water partition coefficient (Wildman–Crippen LogP) is 3.94. The number of carbonyl (C=O) groups excluding carboxylic acids is 2. The molecule has 2 fully saturated rings. The molecule has 2 atom stereocenters. The van der Waals surface area contributed by atoms with Gasteiger partial charge >= 0.3 is 6.18 Å². The van der Waals surface area contributed by atoms with Gasteiger partial charge < -0.3 is 25.6 Å². The van der Waals surface area contributed by atoms with Crippen molar-refractivity contribution in [1.82, 2.24) is 15.5 Å². The molecule has 0 aliphatic carbocycles. The van der Waals surface area contributed by atoms with Crippen LogP contribution in [0, 0.1) is 11.6 Å². The van der Waals surface area contributed by atoms with Crippen molar-refractivity contribution in [2.75, 3.05) is 56.1 Å². The van der Waals surface area contributed by atoms with Gasteiger partial charge in [0.2, 0.25) is 0 Å². The molecule has 2 aliphatic rings. The van der Waals surface area contributed by atoms with Gasteiger partial charge in [0.1, 0.15) is 6.10 Å². The van der Waals surface area contributed by atoms with E-state index in [1.54, 1.807) is 11.0 Å². The Morgan fingerprint density at radius 2 is 1.93 bits per heavy atom. The number of amides is 2. The van der Waals surface area contributed by atoms with E-state index >= 15 is 0 Å². The molecular formula is C27H31ClF5N5O3. The van der Waals surface area contributed by atoms with Crippen LogP contribution >= 0.6 is 11.6 Å². The zero-order chi connectivity index (χ0) is 29.7. The van der Waals surface area contributed by atoms with E-state index in [-0.39, 0.29) is 30.4 Å². The normalized spacial score (nSPS) is 20.1. The van der Waals surface area contributed by atoms with Crippen LogP contribution in [0.1, 0.15) is 29.3 Å². The summed E-state index contributed by atoms with van der Waals surface area (Å²) in [6, 6.07) is 6.79. The lowest BCUT2D eigenvalue weighted by Crippen LogP contribution is -2.52. The number of nitrogens with one attached hydrogen (secondary N) is 3. The third-order valence-electron chi connectivity index (χ3n) is 7.08. The summed E-state index contributed by atoms with van der Waals surface area (Å²) in [5.41, 5.74) is 0.116. The molecule has 2 heterocycles. The lowest BCUT2D eigenvalue weighted by Gasteiger charge is -2.41. The number of alkyl halides is 3. The topological polar surface area (TPSA) is 85.9 Å². The van der Waals surface area contributed by atoms with Crippen LogP contribution in [-0.2, 0) is 16.1 Å². The Labute approximate surface area is 239 Å². The largest absolute Gasteiger partial charge is 0.390 e. The number of carbonyl (C=O) groups is 2. The number of halogens is 6. The molecule has 0 spiro atoms. The number of rotatable bonds is 8. The van der Waals surface area contributed by atoms with Gasteiger partial charge in [0.25, 0.3) is 11.8 Å². The van der Waals surface area contributed by atoms with Crippen molar-refractivity contribution in [2.24, 2.45) is 0 Å². The van der Waals surface area contributed by atoms with Crippen LogP contribution in [0.4, 0.5) is 33.3 Å². The van der Waals surface area contributed by atoms with Gasteiger partial charge in [-0.05, 0) is 31.2 Å². The molecular weight excluding hydrogens is 573 g/mol. The van der Waals surface area contributed by atoms with Crippen molar-refractivity contribution >= 4 is 34.8 Å². The average molecular weight is 604 g/mol. The lowest BCUT2D eigenvalue weighted by molar-refractivity contribution is -0.139. The molecule has 0 saturated carbocycles. The lowest BCUT2D eigenvalue weighted by atomic mass is 10.1. The smallest absolute Gasteiger partial charge is 0.367 e. The van der Waals surface area contributed by atoms with E-state index in [1.165, 1.54) is 18.2 Å². The van der Waals surface area contributed by atoms with Gasteiger partial charge in [-0.3, -0.25) is 14.5 Å². The van der Waals surface area contributed by atoms with Crippen LogP contribution in [0.15, 0.2) is 30.3 Å². The Hall–Kier alpha value is -3.00. The zero-order valence-electron chi connectivity index (χ0n) is 22.3. The van der Waals surface area contributed by atoms with Crippen LogP contribution in [0.5, 0.6) is 0 Å². The van der Waals surface area contributed by atoms with Gasteiger partial charge in [0.05, 0.1) is 30.0 Å². The maximum atomic E-state index is 15.0. The minimum Gasteiger partial charge on any atom is -0.367 e. The molecule has 0 radical (unpaired) electrons. The Balaban J connectivity index is 1.43. The average Bonchev–Trinajstić information content (AvgIpc) is 2.93. The van der Waals surface area contributed by atoms with Crippen molar-refractivity contribution in [3.63, 3.8) is 0 Å². The molecule has 3 N–H and O–H groups in total. The molecule has 0 aromatic heterocycles. The Morgan fingerprint density at radius 1 is 1.15 bits per heavy atom. The van der Waals surface area contributed by atoms with Gasteiger partial charge in [0.15, 0.2) is 11.6 Å². The number of nitrogens with zero attached hydrogens (tertiary/aromatic N) is 2. The number of anilines is 2. The Bertz CT molecular complexity index is 1260. The van der Waals surface area contributed by atoms with Crippen molar-refractivity contribution in [1.29, 1.82) is 0 Å². The minimum atomic E-state index is -4.25. The number of hydrogen-bond acceptors (Lipinski definition) is 6. The Kier molecular flexibility index (Phi) is 10.1. The van der Waals surface area contributed by atoms with Crippen molar-refractivity contribution in [2.45, 2.75) is 38.2 Å². The van der Waals surface area contributed by atoms with E-state index in [0.29, 0.717) is 50.0 Å². The highest BCUT2D eigenvalue weighted by Gasteiger charge is 2.32. The molecule has 8 nitrogen and oxygen atoms in total. The second-order valence-electron chi connectivity index (χ2n) is 9.99. The highest BCUT2D eigenvalue weighted by Crippen LogP contribution is 2.32. The fourth-order valence-corrected chi connectivity index (χ4v) is 4.98. The molecule has 2 saturated heterocycles. The third kappa shape index (κ3) is 8.06. The van der Waals surface area contributed by atoms with Gasteiger partial charge in [0, 0.05) is 62.4 Å². The second kappa shape index (κ2) is 13.3. The molecule has 4 rings (SSSR count). The first-order valence-electron chi connectivity index (χ1n) is 13.2. The first-order chi connectivity index (χ1) is 19.4. The van der Waals surface area contributed by atoms with E-state index in [2.05, 4.69) is 16.0 Å². The van der Waals surface area contributed by atoms with Crippen LogP contribution < -0.4 is 20.9 Å². The van der Waals surface area contributed by atoms with Gasteiger partial charge in [-0.15, -0.1) is 0 Å². The Morgan fingerprint density at radius 3 is 2.61 bits per heavy atom. The maximum absolute atomic E-state index is 15.0.